The van der Waals surface area contributed by atoms with Crippen molar-refractivity contribution < 1.29 is 4.39 Å². The molecule has 1 saturated heterocycles. The molecule has 0 aliphatic carbocycles. The summed E-state index contributed by atoms with van der Waals surface area (Å²) in [5.41, 5.74) is 2.59. The molecule has 0 unspecified atom stereocenters. The van der Waals surface area contributed by atoms with Crippen molar-refractivity contribution >= 4 is 10.8 Å². The van der Waals surface area contributed by atoms with Gasteiger partial charge >= 0.3 is 0 Å². The standard InChI is InChI=1S/C22H23FN2/c23-21-10-8-18(9-11-21)16-24-12-14-25(15-13-24)17-20-6-3-5-19-4-1-2-7-22(19)20/h1-11H,12-17H2. The molecule has 0 saturated carbocycles. The summed E-state index contributed by atoms with van der Waals surface area (Å²) in [5, 5.41) is 2.67. The maximum atomic E-state index is 13.0. The highest BCUT2D eigenvalue weighted by Crippen LogP contribution is 2.20. The molecule has 0 N–H and O–H groups in total. The van der Waals surface area contributed by atoms with Gasteiger partial charge in [-0.3, -0.25) is 9.80 Å². The van der Waals surface area contributed by atoms with Crippen LogP contribution in [0.1, 0.15) is 11.1 Å². The van der Waals surface area contributed by atoms with Crippen LogP contribution in [0, 0.1) is 5.82 Å². The molecule has 0 spiro atoms. The van der Waals surface area contributed by atoms with E-state index in [9.17, 15) is 4.39 Å². The Morgan fingerprint density at radius 3 is 2.08 bits per heavy atom. The number of nitrogens with zero attached hydrogens (tertiary/aromatic N) is 2. The molecule has 3 aromatic rings. The number of halogens is 1. The summed E-state index contributed by atoms with van der Waals surface area (Å²) >= 11 is 0. The molecule has 3 aromatic carbocycles. The Hall–Kier alpha value is -2.23. The lowest BCUT2D eigenvalue weighted by Gasteiger charge is -2.35. The second-order valence-corrected chi connectivity index (χ2v) is 6.82. The normalized spacial score (nSPS) is 16.4. The van der Waals surface area contributed by atoms with Gasteiger partial charge in [-0.1, -0.05) is 54.6 Å². The Kier molecular flexibility index (Phi) is 4.77. The Morgan fingerprint density at radius 1 is 0.680 bits per heavy atom. The van der Waals surface area contributed by atoms with Crippen LogP contribution in [0.15, 0.2) is 66.7 Å². The highest BCUT2D eigenvalue weighted by molar-refractivity contribution is 5.85. The Labute approximate surface area is 148 Å². The highest BCUT2D eigenvalue weighted by atomic mass is 19.1. The van der Waals surface area contributed by atoms with Gasteiger partial charge in [-0.25, -0.2) is 4.39 Å². The molecule has 25 heavy (non-hydrogen) atoms. The van der Waals surface area contributed by atoms with Gasteiger partial charge in [-0.15, -0.1) is 0 Å². The summed E-state index contributed by atoms with van der Waals surface area (Å²) in [5.74, 6) is -0.163. The number of piperazine rings is 1. The number of rotatable bonds is 4. The monoisotopic (exact) mass is 334 g/mol. The molecule has 3 heteroatoms. The zero-order valence-corrected chi connectivity index (χ0v) is 14.4. The third kappa shape index (κ3) is 3.89. The molecule has 1 aliphatic heterocycles. The van der Waals surface area contributed by atoms with E-state index in [1.54, 1.807) is 12.1 Å². The Bertz CT molecular complexity index is 831. The largest absolute Gasteiger partial charge is 0.297 e. The van der Waals surface area contributed by atoms with Crippen LogP contribution in [0.4, 0.5) is 4.39 Å². The van der Waals surface area contributed by atoms with Gasteiger partial charge in [-0.2, -0.15) is 0 Å². The fraction of sp³-hybridized carbons (Fsp3) is 0.273. The van der Waals surface area contributed by atoms with Crippen LogP contribution >= 0.6 is 0 Å². The van der Waals surface area contributed by atoms with Crippen molar-refractivity contribution in [3.05, 3.63) is 83.7 Å². The summed E-state index contributed by atoms with van der Waals surface area (Å²) in [4.78, 5) is 4.98. The minimum atomic E-state index is -0.163. The minimum absolute atomic E-state index is 0.163. The maximum absolute atomic E-state index is 13.0. The lowest BCUT2D eigenvalue weighted by atomic mass is 10.0. The zero-order chi connectivity index (χ0) is 17.1. The lowest BCUT2D eigenvalue weighted by Crippen LogP contribution is -2.45. The van der Waals surface area contributed by atoms with E-state index in [2.05, 4.69) is 52.3 Å². The molecule has 1 fully saturated rings. The summed E-state index contributed by atoms with van der Waals surface area (Å²) in [6.07, 6.45) is 0. The Morgan fingerprint density at radius 2 is 1.32 bits per heavy atom. The molecule has 4 rings (SSSR count). The van der Waals surface area contributed by atoms with Crippen molar-refractivity contribution in [1.82, 2.24) is 9.80 Å². The first-order chi connectivity index (χ1) is 12.3. The predicted octanol–water partition coefficient (Wildman–Crippen LogP) is 4.30. The average Bonchev–Trinajstić information content (AvgIpc) is 2.65. The third-order valence-electron chi connectivity index (χ3n) is 5.06. The molecule has 1 heterocycles. The molecule has 128 valence electrons. The molecular formula is C22H23FN2. The summed E-state index contributed by atoms with van der Waals surface area (Å²) < 4.78 is 13.0. The first-order valence-electron chi connectivity index (χ1n) is 8.94. The quantitative estimate of drug-likeness (QED) is 0.702. The van der Waals surface area contributed by atoms with E-state index in [0.29, 0.717) is 0 Å². The molecule has 1 aliphatic rings. The van der Waals surface area contributed by atoms with Crippen LogP contribution < -0.4 is 0 Å². The lowest BCUT2D eigenvalue weighted by molar-refractivity contribution is 0.122. The van der Waals surface area contributed by atoms with Gasteiger partial charge in [0.25, 0.3) is 0 Å². The van der Waals surface area contributed by atoms with Crippen LogP contribution in [-0.2, 0) is 13.1 Å². The number of hydrogen-bond donors (Lipinski definition) is 0. The van der Waals surface area contributed by atoms with Crippen LogP contribution in [-0.4, -0.2) is 36.0 Å². The summed E-state index contributed by atoms with van der Waals surface area (Å²) in [7, 11) is 0. The number of benzene rings is 3. The fourth-order valence-corrected chi connectivity index (χ4v) is 3.62. The van der Waals surface area contributed by atoms with E-state index in [1.807, 2.05) is 12.1 Å². The summed E-state index contributed by atoms with van der Waals surface area (Å²) in [6.45, 7) is 6.17. The van der Waals surface area contributed by atoms with Gasteiger partial charge in [0.1, 0.15) is 5.82 Å². The molecule has 0 aromatic heterocycles. The first-order valence-corrected chi connectivity index (χ1v) is 8.94. The highest BCUT2D eigenvalue weighted by Gasteiger charge is 2.17. The molecule has 0 atom stereocenters. The van der Waals surface area contributed by atoms with E-state index in [4.69, 9.17) is 0 Å². The van der Waals surface area contributed by atoms with Gasteiger partial charge in [0.2, 0.25) is 0 Å². The predicted molar refractivity (Wildman–Crippen MR) is 101 cm³/mol. The third-order valence-corrected chi connectivity index (χ3v) is 5.06. The SMILES string of the molecule is Fc1ccc(CN2CCN(Cc3cccc4ccccc34)CC2)cc1. The van der Waals surface area contributed by atoms with Gasteiger partial charge in [0, 0.05) is 39.3 Å². The van der Waals surface area contributed by atoms with Crippen LogP contribution in [0.2, 0.25) is 0 Å². The van der Waals surface area contributed by atoms with Crippen LogP contribution in [0.3, 0.4) is 0 Å². The smallest absolute Gasteiger partial charge is 0.123 e. The zero-order valence-electron chi connectivity index (χ0n) is 14.4. The maximum Gasteiger partial charge on any atom is 0.123 e. The van der Waals surface area contributed by atoms with E-state index in [-0.39, 0.29) is 5.82 Å². The van der Waals surface area contributed by atoms with Crippen LogP contribution in [0.25, 0.3) is 10.8 Å². The average molecular weight is 334 g/mol. The number of fused-ring (bicyclic) bond motifs is 1. The van der Waals surface area contributed by atoms with Crippen molar-refractivity contribution in [2.45, 2.75) is 13.1 Å². The van der Waals surface area contributed by atoms with Crippen molar-refractivity contribution in [3.8, 4) is 0 Å². The van der Waals surface area contributed by atoms with Crippen LogP contribution in [0.5, 0.6) is 0 Å². The van der Waals surface area contributed by atoms with Crippen molar-refractivity contribution in [1.29, 1.82) is 0 Å². The van der Waals surface area contributed by atoms with Gasteiger partial charge in [0.15, 0.2) is 0 Å². The molecule has 2 nitrogen and oxygen atoms in total. The summed E-state index contributed by atoms with van der Waals surface area (Å²) in [6, 6.07) is 22.1. The topological polar surface area (TPSA) is 6.48 Å². The van der Waals surface area contributed by atoms with E-state index < -0.39 is 0 Å². The van der Waals surface area contributed by atoms with Crippen molar-refractivity contribution in [2.24, 2.45) is 0 Å². The minimum Gasteiger partial charge on any atom is -0.297 e. The number of hydrogen-bond acceptors (Lipinski definition) is 2. The van der Waals surface area contributed by atoms with Gasteiger partial charge < -0.3 is 0 Å². The van der Waals surface area contributed by atoms with Crippen molar-refractivity contribution in [3.63, 3.8) is 0 Å². The molecular weight excluding hydrogens is 311 g/mol. The van der Waals surface area contributed by atoms with Gasteiger partial charge in [0.05, 0.1) is 0 Å². The van der Waals surface area contributed by atoms with E-state index >= 15 is 0 Å². The van der Waals surface area contributed by atoms with E-state index in [1.165, 1.54) is 21.9 Å². The van der Waals surface area contributed by atoms with Crippen molar-refractivity contribution in [2.75, 3.05) is 26.2 Å². The van der Waals surface area contributed by atoms with Gasteiger partial charge in [-0.05, 0) is 34.0 Å². The second kappa shape index (κ2) is 7.34. The molecule has 0 amide bonds. The molecule has 0 radical (unpaired) electrons. The first kappa shape index (κ1) is 16.2. The van der Waals surface area contributed by atoms with E-state index in [0.717, 1.165) is 39.3 Å². The molecule has 0 bridgehead atoms. The fourth-order valence-electron chi connectivity index (χ4n) is 3.62. The Balaban J connectivity index is 1.36. The second-order valence-electron chi connectivity index (χ2n) is 6.82.